The van der Waals surface area contributed by atoms with Crippen molar-refractivity contribution in [3.8, 4) is 5.69 Å². The SMILES string of the molecule is C=c1[nH]n(-c2ccc(C(=O)O)cc2)c(=O)c1=Cc1ccccc1F. The number of aromatic carboxylic acids is 1. The zero-order valence-corrected chi connectivity index (χ0v) is 12.5. The van der Waals surface area contributed by atoms with Crippen LogP contribution in [0.5, 0.6) is 0 Å². The molecule has 0 saturated carbocycles. The number of hydrogen-bond acceptors (Lipinski definition) is 2. The fourth-order valence-electron chi connectivity index (χ4n) is 2.33. The van der Waals surface area contributed by atoms with Gasteiger partial charge in [0, 0.05) is 5.56 Å². The van der Waals surface area contributed by atoms with Crippen LogP contribution >= 0.6 is 0 Å². The van der Waals surface area contributed by atoms with E-state index in [0.717, 1.165) is 0 Å². The molecule has 0 bridgehead atoms. The van der Waals surface area contributed by atoms with Crippen LogP contribution in [0.3, 0.4) is 0 Å². The number of rotatable bonds is 3. The minimum Gasteiger partial charge on any atom is -0.478 e. The smallest absolute Gasteiger partial charge is 0.335 e. The summed E-state index contributed by atoms with van der Waals surface area (Å²) in [4.78, 5) is 23.4. The van der Waals surface area contributed by atoms with Crippen LogP contribution in [0, 0.1) is 5.82 Å². The van der Waals surface area contributed by atoms with Crippen molar-refractivity contribution >= 4 is 18.6 Å². The highest BCUT2D eigenvalue weighted by molar-refractivity contribution is 5.87. The van der Waals surface area contributed by atoms with Crippen LogP contribution in [0.15, 0.2) is 53.3 Å². The number of carbonyl (C=O) groups is 1. The molecule has 0 saturated heterocycles. The van der Waals surface area contributed by atoms with E-state index in [0.29, 0.717) is 11.0 Å². The Hall–Kier alpha value is -3.41. The molecule has 0 spiro atoms. The van der Waals surface area contributed by atoms with E-state index in [-0.39, 0.29) is 16.3 Å². The molecule has 3 aromatic rings. The van der Waals surface area contributed by atoms with Gasteiger partial charge in [0.2, 0.25) is 0 Å². The van der Waals surface area contributed by atoms with E-state index in [1.807, 2.05) is 0 Å². The van der Waals surface area contributed by atoms with Crippen LogP contribution in [0.2, 0.25) is 0 Å². The number of aromatic amines is 1. The summed E-state index contributed by atoms with van der Waals surface area (Å²) >= 11 is 0. The molecule has 2 N–H and O–H groups in total. The molecule has 2 aromatic carbocycles. The number of carboxylic acid groups (broad SMARTS) is 1. The van der Waals surface area contributed by atoms with E-state index in [1.54, 1.807) is 18.2 Å². The average molecular weight is 324 g/mol. The Morgan fingerprint density at radius 3 is 2.46 bits per heavy atom. The number of benzene rings is 2. The number of H-pyrrole nitrogens is 1. The molecule has 0 aliphatic heterocycles. The molecule has 0 atom stereocenters. The summed E-state index contributed by atoms with van der Waals surface area (Å²) in [6.07, 6.45) is 1.43. The van der Waals surface area contributed by atoms with Crippen molar-refractivity contribution < 1.29 is 14.3 Å². The molecule has 3 rings (SSSR count). The van der Waals surface area contributed by atoms with Crippen molar-refractivity contribution in [2.45, 2.75) is 0 Å². The molecule has 0 unspecified atom stereocenters. The second-order valence-corrected chi connectivity index (χ2v) is 5.16. The Morgan fingerprint density at radius 2 is 1.83 bits per heavy atom. The lowest BCUT2D eigenvalue weighted by atomic mass is 10.2. The molecule has 5 nitrogen and oxygen atoms in total. The molecular formula is C18H13FN2O3. The van der Waals surface area contributed by atoms with Gasteiger partial charge >= 0.3 is 5.97 Å². The second kappa shape index (κ2) is 6.00. The van der Waals surface area contributed by atoms with Gasteiger partial charge in [-0.3, -0.25) is 9.89 Å². The maximum atomic E-state index is 13.8. The van der Waals surface area contributed by atoms with Crippen molar-refractivity contribution in [1.29, 1.82) is 0 Å². The molecule has 6 heteroatoms. The molecule has 0 fully saturated rings. The number of nitrogens with zero attached hydrogens (tertiary/aromatic N) is 1. The first-order valence-corrected chi connectivity index (χ1v) is 7.07. The third-order valence-electron chi connectivity index (χ3n) is 3.58. The van der Waals surface area contributed by atoms with Gasteiger partial charge in [0.05, 0.1) is 21.8 Å². The van der Waals surface area contributed by atoms with Gasteiger partial charge in [0.15, 0.2) is 0 Å². The van der Waals surface area contributed by atoms with Gasteiger partial charge in [-0.1, -0.05) is 24.8 Å². The number of halogens is 1. The minimum absolute atomic E-state index is 0.117. The topological polar surface area (TPSA) is 75.1 Å². The summed E-state index contributed by atoms with van der Waals surface area (Å²) in [5.74, 6) is -1.48. The van der Waals surface area contributed by atoms with Crippen molar-refractivity contribution in [2.75, 3.05) is 0 Å². The fourth-order valence-corrected chi connectivity index (χ4v) is 2.33. The van der Waals surface area contributed by atoms with Gasteiger partial charge in [-0.15, -0.1) is 0 Å². The molecule has 1 heterocycles. The van der Waals surface area contributed by atoms with Crippen molar-refractivity contribution in [2.24, 2.45) is 0 Å². The van der Waals surface area contributed by atoms with Crippen LogP contribution in [0.25, 0.3) is 18.3 Å². The minimum atomic E-state index is -1.05. The number of hydrogen-bond donors (Lipinski definition) is 2. The van der Waals surface area contributed by atoms with Crippen LogP contribution < -0.4 is 16.1 Å². The molecule has 24 heavy (non-hydrogen) atoms. The summed E-state index contributed by atoms with van der Waals surface area (Å²) in [6, 6.07) is 11.9. The molecule has 0 amide bonds. The van der Waals surface area contributed by atoms with Gasteiger partial charge in [0.1, 0.15) is 5.82 Å². The number of carboxylic acids is 1. The Kier molecular flexibility index (Phi) is 3.87. The highest BCUT2D eigenvalue weighted by atomic mass is 19.1. The first-order chi connectivity index (χ1) is 11.5. The third kappa shape index (κ3) is 2.77. The van der Waals surface area contributed by atoms with Crippen molar-refractivity contribution in [1.82, 2.24) is 9.78 Å². The Morgan fingerprint density at radius 1 is 1.17 bits per heavy atom. The van der Waals surface area contributed by atoms with Crippen LogP contribution in [0.4, 0.5) is 4.39 Å². The molecule has 1 aromatic heterocycles. The predicted octanol–water partition coefficient (Wildman–Crippen LogP) is 1.24. The summed E-state index contributed by atoms with van der Waals surface area (Å²) in [7, 11) is 0. The van der Waals surface area contributed by atoms with Crippen LogP contribution in [-0.2, 0) is 0 Å². The summed E-state index contributed by atoms with van der Waals surface area (Å²) < 4.78 is 15.0. The van der Waals surface area contributed by atoms with Gasteiger partial charge in [-0.05, 0) is 36.4 Å². The highest BCUT2D eigenvalue weighted by Crippen LogP contribution is 2.07. The summed E-state index contributed by atoms with van der Waals surface area (Å²) in [5.41, 5.74) is 0.465. The Labute approximate surface area is 135 Å². The number of aromatic nitrogens is 2. The molecule has 120 valence electrons. The average Bonchev–Trinajstić information content (AvgIpc) is 2.85. The van der Waals surface area contributed by atoms with Gasteiger partial charge in [-0.2, -0.15) is 0 Å². The summed E-state index contributed by atoms with van der Waals surface area (Å²) in [5, 5.41) is 12.3. The standard InChI is InChI=1S/C18H13FN2O3/c1-11-15(10-13-4-2-3-5-16(13)19)17(22)21(20-11)14-8-6-12(7-9-14)18(23)24/h2-10,20H,1H2,(H,23,24). The fraction of sp³-hybridized carbons (Fsp3) is 0. The zero-order valence-electron chi connectivity index (χ0n) is 12.5. The summed E-state index contributed by atoms with van der Waals surface area (Å²) in [6.45, 7) is 3.77. The quantitative estimate of drug-likeness (QED) is 0.761. The van der Waals surface area contributed by atoms with Crippen LogP contribution in [0.1, 0.15) is 15.9 Å². The molecule has 0 aliphatic rings. The maximum Gasteiger partial charge on any atom is 0.335 e. The first-order valence-electron chi connectivity index (χ1n) is 7.07. The normalized spacial score (nSPS) is 11.6. The van der Waals surface area contributed by atoms with Crippen molar-refractivity contribution in [3.63, 3.8) is 0 Å². The van der Waals surface area contributed by atoms with Gasteiger partial charge in [-0.25, -0.2) is 13.9 Å². The highest BCUT2D eigenvalue weighted by Gasteiger charge is 2.07. The van der Waals surface area contributed by atoms with E-state index in [2.05, 4.69) is 11.7 Å². The monoisotopic (exact) mass is 324 g/mol. The second-order valence-electron chi connectivity index (χ2n) is 5.16. The zero-order chi connectivity index (χ0) is 17.3. The van der Waals surface area contributed by atoms with Gasteiger partial charge in [0.25, 0.3) is 5.56 Å². The Balaban J connectivity index is 2.14. The molecule has 0 radical (unpaired) electrons. The van der Waals surface area contributed by atoms with Crippen molar-refractivity contribution in [3.05, 3.63) is 86.4 Å². The largest absolute Gasteiger partial charge is 0.478 e. The van der Waals surface area contributed by atoms with Crippen LogP contribution in [-0.4, -0.2) is 20.9 Å². The van der Waals surface area contributed by atoms with E-state index < -0.39 is 17.3 Å². The molecular weight excluding hydrogens is 311 g/mol. The van der Waals surface area contributed by atoms with E-state index in [9.17, 15) is 14.0 Å². The number of nitrogens with one attached hydrogen (secondary N) is 1. The molecule has 0 aliphatic carbocycles. The Bertz CT molecular complexity index is 1080. The third-order valence-corrected chi connectivity index (χ3v) is 3.58. The first kappa shape index (κ1) is 15.5. The van der Waals surface area contributed by atoms with E-state index in [4.69, 9.17) is 5.11 Å². The predicted molar refractivity (Wildman–Crippen MR) is 88.1 cm³/mol. The lowest BCUT2D eigenvalue weighted by Crippen LogP contribution is -2.34. The van der Waals surface area contributed by atoms with E-state index in [1.165, 1.54) is 41.1 Å². The van der Waals surface area contributed by atoms with Gasteiger partial charge < -0.3 is 5.11 Å². The maximum absolute atomic E-state index is 13.8. The lowest BCUT2D eigenvalue weighted by Gasteiger charge is -2.01. The lowest BCUT2D eigenvalue weighted by molar-refractivity contribution is 0.0697. The van der Waals surface area contributed by atoms with E-state index >= 15 is 0 Å².